The van der Waals surface area contributed by atoms with Gasteiger partial charge < -0.3 is 10.2 Å². The minimum absolute atomic E-state index is 0.0217. The fourth-order valence-corrected chi connectivity index (χ4v) is 4.19. The topological polar surface area (TPSA) is 97.2 Å². The zero-order valence-corrected chi connectivity index (χ0v) is 16.5. The van der Waals surface area contributed by atoms with E-state index < -0.39 is 0 Å². The second kappa shape index (κ2) is 8.14. The molecule has 0 spiro atoms. The third-order valence-corrected chi connectivity index (χ3v) is 5.90. The quantitative estimate of drug-likeness (QED) is 0.844. The second-order valence-corrected chi connectivity index (χ2v) is 7.93. The van der Waals surface area contributed by atoms with Gasteiger partial charge in [0.05, 0.1) is 17.7 Å². The van der Waals surface area contributed by atoms with Crippen LogP contribution in [0.2, 0.25) is 0 Å². The first-order valence-electron chi connectivity index (χ1n) is 10.1. The molecule has 2 fully saturated rings. The highest BCUT2D eigenvalue weighted by Crippen LogP contribution is 2.28. The highest BCUT2D eigenvalue weighted by atomic mass is 16.2. The van der Waals surface area contributed by atoms with Gasteiger partial charge in [-0.05, 0) is 43.9 Å². The van der Waals surface area contributed by atoms with E-state index in [4.69, 9.17) is 0 Å². The molecule has 152 valence electrons. The van der Waals surface area contributed by atoms with Crippen molar-refractivity contribution in [3.8, 4) is 11.3 Å². The fourth-order valence-electron chi connectivity index (χ4n) is 4.19. The van der Waals surface area contributed by atoms with Crippen LogP contribution in [0.5, 0.6) is 0 Å². The van der Waals surface area contributed by atoms with Gasteiger partial charge in [-0.3, -0.25) is 19.4 Å². The van der Waals surface area contributed by atoms with Gasteiger partial charge in [0.2, 0.25) is 11.8 Å². The number of carbonyl (C=O) groups excluding carboxylic acids is 2. The summed E-state index contributed by atoms with van der Waals surface area (Å²) < 4.78 is 1.58. The molecule has 1 saturated heterocycles. The Kier molecular flexibility index (Phi) is 5.42. The Morgan fingerprint density at radius 3 is 2.45 bits per heavy atom. The molecule has 2 aromatic rings. The van der Waals surface area contributed by atoms with Crippen molar-refractivity contribution >= 4 is 11.8 Å². The zero-order valence-electron chi connectivity index (χ0n) is 16.5. The monoisotopic (exact) mass is 395 g/mol. The predicted molar refractivity (Wildman–Crippen MR) is 107 cm³/mol. The Bertz CT molecular complexity index is 950. The molecule has 4 rings (SSSR count). The van der Waals surface area contributed by atoms with Crippen molar-refractivity contribution < 1.29 is 9.59 Å². The second-order valence-electron chi connectivity index (χ2n) is 7.93. The number of aromatic nitrogens is 3. The Morgan fingerprint density at radius 1 is 1.07 bits per heavy atom. The summed E-state index contributed by atoms with van der Waals surface area (Å²) in [6, 6.07) is 7.14. The molecule has 2 amide bonds. The number of nitrogens with zero attached hydrogens (tertiary/aromatic N) is 4. The van der Waals surface area contributed by atoms with Gasteiger partial charge in [0.15, 0.2) is 0 Å². The summed E-state index contributed by atoms with van der Waals surface area (Å²) in [5, 5.41) is 7.67. The van der Waals surface area contributed by atoms with E-state index in [-0.39, 0.29) is 35.4 Å². The van der Waals surface area contributed by atoms with Crippen LogP contribution >= 0.6 is 0 Å². The van der Waals surface area contributed by atoms with Crippen molar-refractivity contribution in [2.24, 2.45) is 5.92 Å². The molecule has 1 unspecified atom stereocenters. The molecule has 2 aromatic heterocycles. The molecule has 1 aliphatic heterocycles. The van der Waals surface area contributed by atoms with Crippen LogP contribution < -0.4 is 10.9 Å². The zero-order chi connectivity index (χ0) is 20.4. The van der Waals surface area contributed by atoms with Crippen molar-refractivity contribution in [2.75, 3.05) is 13.6 Å². The lowest BCUT2D eigenvalue weighted by Crippen LogP contribution is -2.42. The van der Waals surface area contributed by atoms with Crippen LogP contribution in [-0.2, 0) is 9.59 Å². The van der Waals surface area contributed by atoms with Crippen LogP contribution in [0.25, 0.3) is 11.3 Å². The highest BCUT2D eigenvalue weighted by Gasteiger charge is 2.34. The molecular weight excluding hydrogens is 370 g/mol. The third kappa shape index (κ3) is 4.21. The van der Waals surface area contributed by atoms with Crippen LogP contribution in [-0.4, -0.2) is 51.1 Å². The van der Waals surface area contributed by atoms with E-state index in [2.05, 4.69) is 15.4 Å². The molecular formula is C21H25N5O3. The van der Waals surface area contributed by atoms with Gasteiger partial charge in [0, 0.05) is 50.1 Å². The van der Waals surface area contributed by atoms with Crippen LogP contribution in [0.3, 0.4) is 0 Å². The van der Waals surface area contributed by atoms with E-state index in [0.717, 1.165) is 36.9 Å². The summed E-state index contributed by atoms with van der Waals surface area (Å²) in [6.07, 6.45) is 6.84. The number of rotatable bonds is 4. The SMILES string of the molecule is CN1CC(C(=O)NC2CCC(n3nc(-c4ccncc4)ccc3=O)CC2)CC1=O. The normalized spacial score (nSPS) is 24.5. The molecule has 0 bridgehead atoms. The van der Waals surface area contributed by atoms with E-state index in [1.165, 1.54) is 0 Å². The van der Waals surface area contributed by atoms with Crippen molar-refractivity contribution in [3.05, 3.63) is 47.0 Å². The van der Waals surface area contributed by atoms with Crippen LogP contribution in [0.1, 0.15) is 38.1 Å². The maximum atomic E-state index is 12.4. The van der Waals surface area contributed by atoms with Gasteiger partial charge in [-0.2, -0.15) is 5.10 Å². The first-order valence-corrected chi connectivity index (χ1v) is 10.1. The van der Waals surface area contributed by atoms with Gasteiger partial charge in [0.1, 0.15) is 0 Å². The van der Waals surface area contributed by atoms with E-state index >= 15 is 0 Å². The van der Waals surface area contributed by atoms with Gasteiger partial charge in [-0.1, -0.05) is 0 Å². The van der Waals surface area contributed by atoms with E-state index in [1.54, 1.807) is 41.2 Å². The molecule has 1 N–H and O–H groups in total. The molecule has 3 heterocycles. The van der Waals surface area contributed by atoms with Crippen LogP contribution in [0.15, 0.2) is 41.5 Å². The van der Waals surface area contributed by atoms with Gasteiger partial charge in [-0.25, -0.2) is 4.68 Å². The molecule has 1 atom stereocenters. The minimum Gasteiger partial charge on any atom is -0.353 e. The molecule has 0 radical (unpaired) electrons. The average molecular weight is 395 g/mol. The van der Waals surface area contributed by atoms with Crippen molar-refractivity contribution in [1.29, 1.82) is 0 Å². The van der Waals surface area contributed by atoms with Gasteiger partial charge >= 0.3 is 0 Å². The van der Waals surface area contributed by atoms with Gasteiger partial charge in [0.25, 0.3) is 5.56 Å². The fraction of sp³-hybridized carbons (Fsp3) is 0.476. The van der Waals surface area contributed by atoms with Crippen LogP contribution in [0, 0.1) is 5.92 Å². The highest BCUT2D eigenvalue weighted by molar-refractivity contribution is 5.89. The lowest BCUT2D eigenvalue weighted by Gasteiger charge is -2.30. The number of nitrogens with one attached hydrogen (secondary N) is 1. The predicted octanol–water partition coefficient (Wildman–Crippen LogP) is 1.38. The maximum Gasteiger partial charge on any atom is 0.267 e. The molecule has 1 aliphatic carbocycles. The number of carbonyl (C=O) groups is 2. The lowest BCUT2D eigenvalue weighted by atomic mass is 9.90. The largest absolute Gasteiger partial charge is 0.353 e. The standard InChI is InChI=1S/C21H25N5O3/c1-25-13-15(12-20(25)28)21(29)23-16-2-4-17(5-3-16)26-19(27)7-6-18(24-26)14-8-10-22-11-9-14/h6-11,15-17H,2-5,12-13H2,1H3,(H,23,29). The first kappa shape index (κ1) is 19.3. The summed E-state index contributed by atoms with van der Waals surface area (Å²) >= 11 is 0. The number of hydrogen-bond acceptors (Lipinski definition) is 5. The number of hydrogen-bond donors (Lipinski definition) is 1. The summed E-state index contributed by atoms with van der Waals surface area (Å²) in [4.78, 5) is 42.1. The molecule has 8 nitrogen and oxygen atoms in total. The molecule has 0 aromatic carbocycles. The summed E-state index contributed by atoms with van der Waals surface area (Å²) in [5.41, 5.74) is 1.56. The smallest absolute Gasteiger partial charge is 0.267 e. The third-order valence-electron chi connectivity index (χ3n) is 5.90. The molecule has 8 heteroatoms. The first-order chi connectivity index (χ1) is 14.0. The van der Waals surface area contributed by atoms with Crippen molar-refractivity contribution in [2.45, 2.75) is 44.2 Å². The summed E-state index contributed by atoms with van der Waals surface area (Å²) in [7, 11) is 1.73. The van der Waals surface area contributed by atoms with E-state index in [1.807, 2.05) is 12.1 Å². The summed E-state index contributed by atoms with van der Waals surface area (Å²) in [5.74, 6) is -0.277. The number of likely N-dealkylation sites (tertiary alicyclic amines) is 1. The Morgan fingerprint density at radius 2 is 1.79 bits per heavy atom. The van der Waals surface area contributed by atoms with Crippen molar-refractivity contribution in [1.82, 2.24) is 25.0 Å². The van der Waals surface area contributed by atoms with Crippen molar-refractivity contribution in [3.63, 3.8) is 0 Å². The lowest BCUT2D eigenvalue weighted by molar-refractivity contribution is -0.128. The Labute approximate surface area is 168 Å². The Balaban J connectivity index is 1.38. The van der Waals surface area contributed by atoms with E-state index in [9.17, 15) is 14.4 Å². The average Bonchev–Trinajstić information content (AvgIpc) is 3.08. The number of pyridine rings is 1. The molecule has 2 aliphatic rings. The molecule has 1 saturated carbocycles. The van der Waals surface area contributed by atoms with Gasteiger partial charge in [-0.15, -0.1) is 0 Å². The number of amides is 2. The summed E-state index contributed by atoms with van der Waals surface area (Å²) in [6.45, 7) is 0.487. The van der Waals surface area contributed by atoms with Crippen LogP contribution in [0.4, 0.5) is 0 Å². The molecule has 29 heavy (non-hydrogen) atoms. The minimum atomic E-state index is -0.258. The van der Waals surface area contributed by atoms with E-state index in [0.29, 0.717) is 13.0 Å². The maximum absolute atomic E-state index is 12.4. The Hall–Kier alpha value is -3.03.